The van der Waals surface area contributed by atoms with Gasteiger partial charge in [-0.2, -0.15) is 8.75 Å². The SMILES string of the molecule is O=C(CCS(=O)(=O)c1cccc2nsnc12)N1CCCCC1. The molecule has 118 valence electrons. The number of likely N-dealkylation sites (tertiary alicyclic amines) is 1. The summed E-state index contributed by atoms with van der Waals surface area (Å²) < 4.78 is 33.1. The zero-order valence-corrected chi connectivity index (χ0v) is 13.7. The number of amides is 1. The predicted octanol–water partition coefficient (Wildman–Crippen LogP) is 1.87. The molecule has 0 unspecified atom stereocenters. The number of carbonyl (C=O) groups excluding carboxylic acids is 1. The Labute approximate surface area is 133 Å². The van der Waals surface area contributed by atoms with Crippen LogP contribution in [0.2, 0.25) is 0 Å². The summed E-state index contributed by atoms with van der Waals surface area (Å²) in [6.07, 6.45) is 3.17. The van der Waals surface area contributed by atoms with Gasteiger partial charge in [0.05, 0.1) is 22.4 Å². The highest BCUT2D eigenvalue weighted by atomic mass is 32.2. The zero-order valence-electron chi connectivity index (χ0n) is 12.1. The first-order valence-electron chi connectivity index (χ1n) is 7.30. The van der Waals surface area contributed by atoms with Crippen molar-refractivity contribution in [1.82, 2.24) is 13.6 Å². The fourth-order valence-corrected chi connectivity index (χ4v) is 4.67. The lowest BCUT2D eigenvalue weighted by Crippen LogP contribution is -2.36. The normalized spacial score (nSPS) is 16.1. The van der Waals surface area contributed by atoms with Crippen LogP contribution in [-0.4, -0.2) is 46.8 Å². The Hall–Kier alpha value is -1.54. The number of benzene rings is 1. The van der Waals surface area contributed by atoms with E-state index in [4.69, 9.17) is 0 Å². The maximum absolute atomic E-state index is 12.5. The van der Waals surface area contributed by atoms with Crippen LogP contribution in [0.15, 0.2) is 23.1 Å². The monoisotopic (exact) mass is 339 g/mol. The fraction of sp³-hybridized carbons (Fsp3) is 0.500. The Bertz CT molecular complexity index is 779. The molecule has 2 heterocycles. The number of rotatable bonds is 4. The van der Waals surface area contributed by atoms with Crippen molar-refractivity contribution in [2.75, 3.05) is 18.8 Å². The fourth-order valence-electron chi connectivity index (χ4n) is 2.67. The number of sulfone groups is 1. The van der Waals surface area contributed by atoms with Gasteiger partial charge in [-0.3, -0.25) is 4.79 Å². The molecule has 22 heavy (non-hydrogen) atoms. The molecule has 0 bridgehead atoms. The lowest BCUT2D eigenvalue weighted by Gasteiger charge is -2.26. The summed E-state index contributed by atoms with van der Waals surface area (Å²) in [6.45, 7) is 1.48. The molecule has 1 aromatic carbocycles. The van der Waals surface area contributed by atoms with E-state index >= 15 is 0 Å². The van der Waals surface area contributed by atoms with Gasteiger partial charge in [-0.25, -0.2) is 8.42 Å². The minimum absolute atomic E-state index is 0.0241. The molecule has 0 spiro atoms. The molecule has 1 amide bonds. The number of fused-ring (bicyclic) bond motifs is 1. The number of nitrogens with zero attached hydrogens (tertiary/aromatic N) is 3. The van der Waals surface area contributed by atoms with Gasteiger partial charge >= 0.3 is 0 Å². The van der Waals surface area contributed by atoms with Gasteiger partial charge in [0.2, 0.25) is 5.91 Å². The third kappa shape index (κ3) is 3.12. The van der Waals surface area contributed by atoms with Gasteiger partial charge < -0.3 is 4.90 Å². The average Bonchev–Trinajstić information content (AvgIpc) is 3.02. The summed E-state index contributed by atoms with van der Waals surface area (Å²) in [5, 5.41) is 0. The number of carbonyl (C=O) groups is 1. The van der Waals surface area contributed by atoms with Crippen molar-refractivity contribution >= 4 is 38.5 Å². The second-order valence-electron chi connectivity index (χ2n) is 5.40. The largest absolute Gasteiger partial charge is 0.343 e. The van der Waals surface area contributed by atoms with E-state index in [0.717, 1.165) is 44.1 Å². The number of hydrogen-bond acceptors (Lipinski definition) is 6. The van der Waals surface area contributed by atoms with Crippen LogP contribution in [0.3, 0.4) is 0 Å². The van der Waals surface area contributed by atoms with Crippen LogP contribution in [-0.2, 0) is 14.6 Å². The van der Waals surface area contributed by atoms with E-state index in [1.165, 1.54) is 6.07 Å². The van der Waals surface area contributed by atoms with Crippen LogP contribution in [0, 0.1) is 0 Å². The van der Waals surface area contributed by atoms with Gasteiger partial charge in [0.25, 0.3) is 0 Å². The molecule has 1 fully saturated rings. The van der Waals surface area contributed by atoms with Gasteiger partial charge in [-0.15, -0.1) is 0 Å². The van der Waals surface area contributed by atoms with Crippen LogP contribution in [0.4, 0.5) is 0 Å². The van der Waals surface area contributed by atoms with Crippen molar-refractivity contribution in [3.8, 4) is 0 Å². The van der Waals surface area contributed by atoms with Gasteiger partial charge in [0, 0.05) is 19.5 Å². The minimum atomic E-state index is -3.53. The molecule has 0 radical (unpaired) electrons. The van der Waals surface area contributed by atoms with E-state index in [9.17, 15) is 13.2 Å². The topological polar surface area (TPSA) is 80.2 Å². The van der Waals surface area contributed by atoms with Crippen molar-refractivity contribution in [1.29, 1.82) is 0 Å². The van der Waals surface area contributed by atoms with E-state index in [0.29, 0.717) is 11.0 Å². The van der Waals surface area contributed by atoms with Crippen molar-refractivity contribution < 1.29 is 13.2 Å². The molecule has 0 N–H and O–H groups in total. The smallest absolute Gasteiger partial charge is 0.223 e. The van der Waals surface area contributed by atoms with Gasteiger partial charge in [-0.05, 0) is 31.4 Å². The van der Waals surface area contributed by atoms with Crippen LogP contribution in [0.25, 0.3) is 11.0 Å². The van der Waals surface area contributed by atoms with E-state index in [1.54, 1.807) is 17.0 Å². The van der Waals surface area contributed by atoms with E-state index in [-0.39, 0.29) is 23.0 Å². The maximum atomic E-state index is 12.5. The first-order chi connectivity index (χ1) is 10.6. The Kier molecular flexibility index (Phi) is 4.39. The molecule has 1 aromatic heterocycles. The average molecular weight is 339 g/mol. The van der Waals surface area contributed by atoms with Crippen LogP contribution in [0.1, 0.15) is 25.7 Å². The molecule has 1 aliphatic rings. The van der Waals surface area contributed by atoms with Crippen molar-refractivity contribution in [2.24, 2.45) is 0 Å². The summed E-state index contributed by atoms with van der Waals surface area (Å²) in [6, 6.07) is 4.92. The number of hydrogen-bond donors (Lipinski definition) is 0. The molecule has 0 saturated carbocycles. The zero-order chi connectivity index (χ0) is 15.6. The number of piperidine rings is 1. The summed E-state index contributed by atoms with van der Waals surface area (Å²) in [7, 11) is -3.53. The van der Waals surface area contributed by atoms with Crippen LogP contribution < -0.4 is 0 Å². The molecule has 1 aliphatic heterocycles. The Morgan fingerprint density at radius 3 is 2.73 bits per heavy atom. The van der Waals surface area contributed by atoms with E-state index in [2.05, 4.69) is 8.75 Å². The summed E-state index contributed by atoms with van der Waals surface area (Å²) in [5.41, 5.74) is 0.978. The van der Waals surface area contributed by atoms with Crippen molar-refractivity contribution in [3.05, 3.63) is 18.2 Å². The molecule has 0 aliphatic carbocycles. The standard InChI is InChI=1S/C14H17N3O3S2/c18-13(17-8-2-1-3-9-17)7-10-22(19,20)12-6-4-5-11-14(12)16-21-15-11/h4-6H,1-3,7-10H2. The molecular weight excluding hydrogens is 322 g/mol. The molecule has 2 aromatic rings. The van der Waals surface area contributed by atoms with Gasteiger partial charge in [0.1, 0.15) is 11.0 Å². The molecule has 8 heteroatoms. The summed E-state index contributed by atoms with van der Waals surface area (Å²) >= 11 is 0.991. The second kappa shape index (κ2) is 6.29. The molecule has 3 rings (SSSR count). The summed E-state index contributed by atoms with van der Waals surface area (Å²) in [5.74, 6) is -0.259. The lowest BCUT2D eigenvalue weighted by molar-refractivity contribution is -0.131. The molecule has 1 saturated heterocycles. The third-order valence-electron chi connectivity index (χ3n) is 3.88. The predicted molar refractivity (Wildman–Crippen MR) is 84.5 cm³/mol. The second-order valence-corrected chi connectivity index (χ2v) is 8.00. The Morgan fingerprint density at radius 2 is 1.95 bits per heavy atom. The molecular formula is C14H17N3O3S2. The van der Waals surface area contributed by atoms with Crippen LogP contribution in [0.5, 0.6) is 0 Å². The Balaban J connectivity index is 1.73. The van der Waals surface area contributed by atoms with Crippen molar-refractivity contribution in [2.45, 2.75) is 30.6 Å². The highest BCUT2D eigenvalue weighted by Crippen LogP contribution is 2.23. The first-order valence-corrected chi connectivity index (χ1v) is 9.68. The molecule has 6 nitrogen and oxygen atoms in total. The van der Waals surface area contributed by atoms with E-state index < -0.39 is 9.84 Å². The lowest BCUT2D eigenvalue weighted by atomic mass is 10.1. The Morgan fingerprint density at radius 1 is 1.18 bits per heavy atom. The number of aromatic nitrogens is 2. The molecule has 0 atom stereocenters. The maximum Gasteiger partial charge on any atom is 0.223 e. The van der Waals surface area contributed by atoms with Crippen LogP contribution >= 0.6 is 11.7 Å². The highest BCUT2D eigenvalue weighted by Gasteiger charge is 2.23. The third-order valence-corrected chi connectivity index (χ3v) is 6.16. The summed E-state index contributed by atoms with van der Waals surface area (Å²) in [4.78, 5) is 14.1. The quantitative estimate of drug-likeness (QED) is 0.849. The minimum Gasteiger partial charge on any atom is -0.343 e. The van der Waals surface area contributed by atoms with E-state index in [1.807, 2.05) is 0 Å². The highest BCUT2D eigenvalue weighted by molar-refractivity contribution is 7.91. The van der Waals surface area contributed by atoms with Gasteiger partial charge in [-0.1, -0.05) is 6.07 Å². The first kappa shape index (κ1) is 15.4. The van der Waals surface area contributed by atoms with Gasteiger partial charge in [0.15, 0.2) is 9.84 Å². The van der Waals surface area contributed by atoms with Crippen molar-refractivity contribution in [3.63, 3.8) is 0 Å².